The number of methoxy groups -OCH3 is 1. The van der Waals surface area contributed by atoms with Gasteiger partial charge in [-0.3, -0.25) is 4.90 Å². The average Bonchev–Trinajstić information content (AvgIpc) is 2.93. The average molecular weight is 567 g/mol. The standard InChI is InChI=1S/C28H28F6N4O2/c1-40-24-9-7-23(8-10-24)37-11-13-38(14-12-37)25(19-5-3-2-4-6-19)18-35-26(39)36-22-16-20(27(29,30)31)15-21(17-22)28(32,33)34/h2-10,15-17,25H,11-14,18H2,1H3,(H2,35,36,39). The first-order chi connectivity index (χ1) is 18.9. The lowest BCUT2D eigenvalue weighted by atomic mass is 10.0. The lowest BCUT2D eigenvalue weighted by molar-refractivity contribution is -0.143. The third kappa shape index (κ3) is 7.38. The lowest BCUT2D eigenvalue weighted by Crippen LogP contribution is -2.50. The summed E-state index contributed by atoms with van der Waals surface area (Å²) in [6.45, 7) is 2.84. The highest BCUT2D eigenvalue weighted by Crippen LogP contribution is 2.37. The van der Waals surface area contributed by atoms with E-state index in [0.29, 0.717) is 38.3 Å². The van der Waals surface area contributed by atoms with E-state index in [9.17, 15) is 31.1 Å². The van der Waals surface area contributed by atoms with Gasteiger partial charge in [-0.1, -0.05) is 30.3 Å². The van der Waals surface area contributed by atoms with Crippen LogP contribution in [0.1, 0.15) is 22.7 Å². The van der Waals surface area contributed by atoms with Crippen molar-refractivity contribution in [3.63, 3.8) is 0 Å². The molecular formula is C28H28F6N4O2. The molecule has 2 N–H and O–H groups in total. The molecule has 0 aliphatic carbocycles. The summed E-state index contributed by atoms with van der Waals surface area (Å²) < 4.78 is 84.3. The van der Waals surface area contributed by atoms with E-state index in [4.69, 9.17) is 4.74 Å². The van der Waals surface area contributed by atoms with Crippen LogP contribution in [0.5, 0.6) is 5.75 Å². The lowest BCUT2D eigenvalue weighted by Gasteiger charge is -2.40. The highest BCUT2D eigenvalue weighted by Gasteiger charge is 2.37. The number of benzene rings is 3. The minimum absolute atomic E-state index is 0.0140. The van der Waals surface area contributed by atoms with Gasteiger partial charge >= 0.3 is 18.4 Å². The summed E-state index contributed by atoms with van der Waals surface area (Å²) in [5, 5.41) is 4.74. The molecule has 1 unspecified atom stereocenters. The molecule has 0 spiro atoms. The van der Waals surface area contributed by atoms with Crippen molar-refractivity contribution in [2.24, 2.45) is 0 Å². The van der Waals surface area contributed by atoms with Gasteiger partial charge in [0.1, 0.15) is 5.75 Å². The van der Waals surface area contributed by atoms with Crippen molar-refractivity contribution in [3.8, 4) is 5.75 Å². The molecule has 12 heteroatoms. The van der Waals surface area contributed by atoms with E-state index < -0.39 is 35.2 Å². The number of halogens is 6. The maximum atomic E-state index is 13.2. The highest BCUT2D eigenvalue weighted by molar-refractivity contribution is 5.89. The Balaban J connectivity index is 1.44. The number of carbonyl (C=O) groups is 1. The molecule has 1 fully saturated rings. The summed E-state index contributed by atoms with van der Waals surface area (Å²) in [6.07, 6.45) is -10.0. The minimum Gasteiger partial charge on any atom is -0.497 e. The molecule has 1 aliphatic rings. The zero-order chi connectivity index (χ0) is 28.9. The Morgan fingerprint density at radius 1 is 0.850 bits per heavy atom. The van der Waals surface area contributed by atoms with Crippen molar-refractivity contribution in [2.45, 2.75) is 18.4 Å². The predicted molar refractivity (Wildman–Crippen MR) is 139 cm³/mol. The maximum absolute atomic E-state index is 13.2. The van der Waals surface area contributed by atoms with Crippen LogP contribution in [0.15, 0.2) is 72.8 Å². The Labute approximate surface area is 227 Å². The van der Waals surface area contributed by atoms with Crippen molar-refractivity contribution in [3.05, 3.63) is 89.5 Å². The van der Waals surface area contributed by atoms with Gasteiger partial charge in [-0.25, -0.2) is 4.79 Å². The van der Waals surface area contributed by atoms with Crippen molar-refractivity contribution >= 4 is 17.4 Å². The van der Waals surface area contributed by atoms with E-state index >= 15 is 0 Å². The first-order valence-electron chi connectivity index (χ1n) is 12.5. The summed E-state index contributed by atoms with van der Waals surface area (Å²) in [6, 6.07) is 16.9. The van der Waals surface area contributed by atoms with E-state index in [1.807, 2.05) is 54.6 Å². The third-order valence-corrected chi connectivity index (χ3v) is 6.68. The number of anilines is 2. The van der Waals surface area contributed by atoms with Gasteiger partial charge < -0.3 is 20.3 Å². The number of piperazine rings is 1. The highest BCUT2D eigenvalue weighted by atomic mass is 19.4. The Morgan fingerprint density at radius 3 is 1.95 bits per heavy atom. The number of hydrogen-bond donors (Lipinski definition) is 2. The smallest absolute Gasteiger partial charge is 0.416 e. The maximum Gasteiger partial charge on any atom is 0.416 e. The van der Waals surface area contributed by atoms with Gasteiger partial charge in [0, 0.05) is 44.1 Å². The summed E-state index contributed by atoms with van der Waals surface area (Å²) in [4.78, 5) is 17.0. The second kappa shape index (κ2) is 12.1. The van der Waals surface area contributed by atoms with Gasteiger partial charge in [-0.2, -0.15) is 26.3 Å². The number of hydrogen-bond acceptors (Lipinski definition) is 4. The molecule has 1 saturated heterocycles. The molecule has 1 atom stereocenters. The fourth-order valence-electron chi connectivity index (χ4n) is 4.61. The first kappa shape index (κ1) is 29.1. The van der Waals surface area contributed by atoms with Gasteiger partial charge in [0.25, 0.3) is 0 Å². The van der Waals surface area contributed by atoms with Crippen LogP contribution >= 0.6 is 0 Å². The van der Waals surface area contributed by atoms with Gasteiger partial charge in [0.05, 0.1) is 24.3 Å². The molecule has 0 saturated carbocycles. The summed E-state index contributed by atoms with van der Waals surface area (Å²) in [5.74, 6) is 0.760. The van der Waals surface area contributed by atoms with E-state index in [2.05, 4.69) is 20.4 Å². The summed E-state index contributed by atoms with van der Waals surface area (Å²) >= 11 is 0. The largest absolute Gasteiger partial charge is 0.497 e. The molecule has 214 valence electrons. The normalized spacial score (nSPS) is 15.4. The summed E-state index contributed by atoms with van der Waals surface area (Å²) in [5.41, 5.74) is -1.65. The number of carbonyl (C=O) groups excluding carboxylic acids is 1. The molecule has 0 bridgehead atoms. The van der Waals surface area contributed by atoms with Gasteiger partial charge in [-0.05, 0) is 48.0 Å². The molecule has 4 rings (SSSR count). The molecule has 1 heterocycles. The molecule has 1 aliphatic heterocycles. The van der Waals surface area contributed by atoms with E-state index in [1.54, 1.807) is 7.11 Å². The second-order valence-electron chi connectivity index (χ2n) is 9.28. The SMILES string of the molecule is COc1ccc(N2CCN(C(CNC(=O)Nc3cc(C(F)(F)F)cc(C(F)(F)F)c3)c3ccccc3)CC2)cc1. The van der Waals surface area contributed by atoms with Crippen LogP contribution in [0.3, 0.4) is 0 Å². The van der Waals surface area contributed by atoms with Crippen molar-refractivity contribution in [2.75, 3.05) is 50.1 Å². The number of rotatable bonds is 7. The molecule has 3 aromatic carbocycles. The van der Waals surface area contributed by atoms with E-state index in [0.717, 1.165) is 17.0 Å². The fraction of sp³-hybridized carbons (Fsp3) is 0.321. The molecule has 2 amide bonds. The zero-order valence-electron chi connectivity index (χ0n) is 21.5. The Kier molecular flexibility index (Phi) is 8.77. The number of nitrogens with one attached hydrogen (secondary N) is 2. The monoisotopic (exact) mass is 566 g/mol. The minimum atomic E-state index is -5.01. The van der Waals surface area contributed by atoms with Crippen molar-refractivity contribution in [1.29, 1.82) is 0 Å². The Bertz CT molecular complexity index is 1240. The Hall–Kier alpha value is -3.93. The second-order valence-corrected chi connectivity index (χ2v) is 9.28. The van der Waals surface area contributed by atoms with Crippen molar-refractivity contribution < 1.29 is 35.9 Å². The fourth-order valence-corrected chi connectivity index (χ4v) is 4.61. The van der Waals surface area contributed by atoms with Crippen LogP contribution in [0, 0.1) is 0 Å². The van der Waals surface area contributed by atoms with Gasteiger partial charge in [0.15, 0.2) is 0 Å². The number of nitrogens with zero attached hydrogens (tertiary/aromatic N) is 2. The zero-order valence-corrected chi connectivity index (χ0v) is 21.5. The molecule has 6 nitrogen and oxygen atoms in total. The van der Waals surface area contributed by atoms with Crippen LogP contribution in [0.25, 0.3) is 0 Å². The topological polar surface area (TPSA) is 56.8 Å². The predicted octanol–water partition coefficient (Wildman–Crippen LogP) is 6.42. The molecule has 0 aromatic heterocycles. The van der Waals surface area contributed by atoms with Crippen LogP contribution in [-0.2, 0) is 12.4 Å². The number of alkyl halides is 6. The molecule has 40 heavy (non-hydrogen) atoms. The van der Waals surface area contributed by atoms with E-state index in [-0.39, 0.29) is 18.7 Å². The number of amides is 2. The molecule has 0 radical (unpaired) electrons. The quantitative estimate of drug-likeness (QED) is 0.324. The number of urea groups is 1. The van der Waals surface area contributed by atoms with Crippen LogP contribution in [0.4, 0.5) is 42.5 Å². The van der Waals surface area contributed by atoms with Crippen LogP contribution in [0.2, 0.25) is 0 Å². The first-order valence-corrected chi connectivity index (χ1v) is 12.5. The van der Waals surface area contributed by atoms with Crippen LogP contribution in [-0.4, -0.2) is 50.8 Å². The van der Waals surface area contributed by atoms with Gasteiger partial charge in [-0.15, -0.1) is 0 Å². The third-order valence-electron chi connectivity index (χ3n) is 6.68. The van der Waals surface area contributed by atoms with Crippen molar-refractivity contribution in [1.82, 2.24) is 10.2 Å². The van der Waals surface area contributed by atoms with E-state index in [1.165, 1.54) is 0 Å². The molecule has 3 aromatic rings. The molecular weight excluding hydrogens is 538 g/mol. The Morgan fingerprint density at radius 2 is 1.43 bits per heavy atom. The summed E-state index contributed by atoms with van der Waals surface area (Å²) in [7, 11) is 1.60. The van der Waals surface area contributed by atoms with Gasteiger partial charge in [0.2, 0.25) is 0 Å². The number of ether oxygens (including phenoxy) is 1. The van der Waals surface area contributed by atoms with Crippen LogP contribution < -0.4 is 20.3 Å².